The van der Waals surface area contributed by atoms with Crippen molar-refractivity contribution < 1.29 is 9.47 Å². The number of rotatable bonds is 2. The van der Waals surface area contributed by atoms with Gasteiger partial charge in [0.1, 0.15) is 17.6 Å². The van der Waals surface area contributed by atoms with Crippen molar-refractivity contribution in [3.05, 3.63) is 52.5 Å². The molecule has 19 heavy (non-hydrogen) atoms. The maximum atomic E-state index is 6.05. The van der Waals surface area contributed by atoms with Gasteiger partial charge in [-0.25, -0.2) is 0 Å². The van der Waals surface area contributed by atoms with Crippen molar-refractivity contribution in [2.45, 2.75) is 6.10 Å². The van der Waals surface area contributed by atoms with Crippen LogP contribution in [0.5, 0.6) is 11.5 Å². The molecule has 0 spiro atoms. The van der Waals surface area contributed by atoms with Gasteiger partial charge in [-0.15, -0.1) is 0 Å². The van der Waals surface area contributed by atoms with Crippen LogP contribution in [0.3, 0.4) is 0 Å². The molecule has 4 heteroatoms. The molecule has 0 fully saturated rings. The molecule has 0 aromatic heterocycles. The number of methoxy groups -OCH3 is 1. The molecule has 0 saturated carbocycles. The summed E-state index contributed by atoms with van der Waals surface area (Å²) in [5, 5.41) is 3.39. The maximum Gasteiger partial charge on any atom is 0.145 e. The zero-order chi connectivity index (χ0) is 13.2. The Morgan fingerprint density at radius 2 is 2.11 bits per heavy atom. The van der Waals surface area contributed by atoms with Crippen molar-refractivity contribution in [2.24, 2.45) is 0 Å². The molecule has 1 heterocycles. The van der Waals surface area contributed by atoms with Gasteiger partial charge in [0.25, 0.3) is 0 Å². The van der Waals surface area contributed by atoms with Gasteiger partial charge >= 0.3 is 0 Å². The number of anilines is 1. The molecule has 2 aromatic carbocycles. The normalized spacial score (nSPS) is 17.1. The van der Waals surface area contributed by atoms with Crippen LogP contribution in [-0.2, 0) is 0 Å². The van der Waals surface area contributed by atoms with Gasteiger partial charge in [-0.05, 0) is 24.3 Å². The summed E-state index contributed by atoms with van der Waals surface area (Å²) in [4.78, 5) is 0. The summed E-state index contributed by atoms with van der Waals surface area (Å²) in [7, 11) is 1.68. The fraction of sp³-hybridized carbons (Fsp3) is 0.200. The highest BCUT2D eigenvalue weighted by Gasteiger charge is 2.23. The van der Waals surface area contributed by atoms with Gasteiger partial charge < -0.3 is 14.8 Å². The van der Waals surface area contributed by atoms with Crippen LogP contribution in [0.1, 0.15) is 11.7 Å². The van der Waals surface area contributed by atoms with Crippen molar-refractivity contribution in [3.63, 3.8) is 0 Å². The second kappa shape index (κ2) is 5.13. The zero-order valence-corrected chi connectivity index (χ0v) is 12.1. The van der Waals surface area contributed by atoms with Crippen LogP contribution in [-0.4, -0.2) is 13.7 Å². The summed E-state index contributed by atoms with van der Waals surface area (Å²) in [5.74, 6) is 1.72. The minimum atomic E-state index is -0.0372. The highest BCUT2D eigenvalue weighted by atomic mass is 79.9. The van der Waals surface area contributed by atoms with Gasteiger partial charge in [-0.2, -0.15) is 0 Å². The molecular weight excluding hydrogens is 306 g/mol. The fourth-order valence-corrected chi connectivity index (χ4v) is 2.61. The molecule has 1 aliphatic rings. The van der Waals surface area contributed by atoms with Gasteiger partial charge in [0, 0.05) is 10.0 Å². The van der Waals surface area contributed by atoms with Crippen molar-refractivity contribution in [2.75, 3.05) is 19.0 Å². The molecule has 98 valence electrons. The monoisotopic (exact) mass is 319 g/mol. The molecule has 1 aliphatic heterocycles. The Hall–Kier alpha value is -1.68. The molecule has 0 bridgehead atoms. The van der Waals surface area contributed by atoms with E-state index in [0.29, 0.717) is 0 Å². The summed E-state index contributed by atoms with van der Waals surface area (Å²) in [6.45, 7) is 0.726. The molecule has 0 radical (unpaired) electrons. The molecule has 0 aliphatic carbocycles. The van der Waals surface area contributed by atoms with Crippen molar-refractivity contribution in [1.29, 1.82) is 0 Å². The lowest BCUT2D eigenvalue weighted by Crippen LogP contribution is -2.24. The maximum absolute atomic E-state index is 6.05. The lowest BCUT2D eigenvalue weighted by Gasteiger charge is -2.28. The third-order valence-corrected chi connectivity index (χ3v) is 3.67. The third kappa shape index (κ3) is 2.40. The summed E-state index contributed by atoms with van der Waals surface area (Å²) >= 11 is 3.46. The fourth-order valence-electron chi connectivity index (χ4n) is 2.25. The quantitative estimate of drug-likeness (QED) is 0.907. The van der Waals surface area contributed by atoms with Crippen LogP contribution in [0.4, 0.5) is 5.69 Å². The minimum absolute atomic E-state index is 0.0372. The average molecular weight is 320 g/mol. The highest BCUT2D eigenvalue weighted by molar-refractivity contribution is 9.10. The molecule has 1 atom stereocenters. The first-order valence-corrected chi connectivity index (χ1v) is 6.90. The molecule has 0 saturated heterocycles. The van der Waals surface area contributed by atoms with E-state index in [9.17, 15) is 0 Å². The smallest absolute Gasteiger partial charge is 0.145 e. The van der Waals surface area contributed by atoms with Crippen LogP contribution in [0, 0.1) is 0 Å². The highest BCUT2D eigenvalue weighted by Crippen LogP contribution is 2.38. The second-order valence-electron chi connectivity index (χ2n) is 4.37. The largest absolute Gasteiger partial charge is 0.496 e. The summed E-state index contributed by atoms with van der Waals surface area (Å²) in [6, 6.07) is 13.9. The average Bonchev–Trinajstić information content (AvgIpc) is 2.46. The molecule has 3 rings (SSSR count). The number of hydrogen-bond donors (Lipinski definition) is 1. The number of ether oxygens (including phenoxy) is 2. The Labute approximate surface area is 120 Å². The van der Waals surface area contributed by atoms with Crippen molar-refractivity contribution in [1.82, 2.24) is 0 Å². The Kier molecular flexibility index (Phi) is 3.34. The lowest BCUT2D eigenvalue weighted by atomic mass is 10.1. The van der Waals surface area contributed by atoms with Crippen molar-refractivity contribution >= 4 is 21.6 Å². The number of hydrogen-bond acceptors (Lipinski definition) is 3. The lowest BCUT2D eigenvalue weighted by molar-refractivity contribution is 0.205. The van der Waals surface area contributed by atoms with Crippen LogP contribution in [0.25, 0.3) is 0 Å². The topological polar surface area (TPSA) is 30.5 Å². The summed E-state index contributed by atoms with van der Waals surface area (Å²) in [6.07, 6.45) is -0.0372. The number of nitrogens with one attached hydrogen (secondary N) is 1. The Morgan fingerprint density at radius 3 is 2.95 bits per heavy atom. The number of fused-ring (bicyclic) bond motifs is 1. The Morgan fingerprint density at radius 1 is 1.26 bits per heavy atom. The summed E-state index contributed by atoms with van der Waals surface area (Å²) < 4.78 is 12.5. The van der Waals surface area contributed by atoms with Crippen LogP contribution in [0.2, 0.25) is 0 Å². The first-order chi connectivity index (χ1) is 9.28. The van der Waals surface area contributed by atoms with Gasteiger partial charge in [-0.3, -0.25) is 0 Å². The van der Waals surface area contributed by atoms with Crippen molar-refractivity contribution in [3.8, 4) is 11.5 Å². The van der Waals surface area contributed by atoms with E-state index in [1.54, 1.807) is 7.11 Å². The molecule has 3 nitrogen and oxygen atoms in total. The molecule has 1 unspecified atom stereocenters. The first-order valence-electron chi connectivity index (χ1n) is 6.11. The van der Waals surface area contributed by atoms with Crippen LogP contribution < -0.4 is 14.8 Å². The Balaban J connectivity index is 1.91. The standard InChI is InChI=1S/C15H14BrNO2/c1-18-13-5-3-2-4-11(13)15-9-17-12-8-10(16)6-7-14(12)19-15/h2-8,15,17H,9H2,1H3. The molecular formula is C15H14BrNO2. The van der Waals surface area contributed by atoms with E-state index in [2.05, 4.69) is 21.2 Å². The predicted molar refractivity (Wildman–Crippen MR) is 79.0 cm³/mol. The van der Waals surface area contributed by atoms with Gasteiger partial charge in [-0.1, -0.05) is 34.1 Å². The van der Waals surface area contributed by atoms with E-state index < -0.39 is 0 Å². The van der Waals surface area contributed by atoms with E-state index in [4.69, 9.17) is 9.47 Å². The van der Waals surface area contributed by atoms with E-state index in [-0.39, 0.29) is 6.10 Å². The molecule has 0 amide bonds. The zero-order valence-electron chi connectivity index (χ0n) is 10.5. The van der Waals surface area contributed by atoms with E-state index in [1.165, 1.54) is 0 Å². The number of benzene rings is 2. The summed E-state index contributed by atoms with van der Waals surface area (Å²) in [5.41, 5.74) is 2.08. The second-order valence-corrected chi connectivity index (χ2v) is 5.29. The Bertz CT molecular complexity index is 600. The van der Waals surface area contributed by atoms with E-state index in [1.807, 2.05) is 42.5 Å². The SMILES string of the molecule is COc1ccccc1C1CNc2cc(Br)ccc2O1. The van der Waals surface area contributed by atoms with Gasteiger partial charge in [0.2, 0.25) is 0 Å². The van der Waals surface area contributed by atoms with E-state index in [0.717, 1.165) is 33.8 Å². The first kappa shape index (κ1) is 12.4. The number of halogens is 1. The van der Waals surface area contributed by atoms with Gasteiger partial charge in [0.15, 0.2) is 0 Å². The minimum Gasteiger partial charge on any atom is -0.496 e. The number of para-hydroxylation sites is 1. The van der Waals surface area contributed by atoms with Gasteiger partial charge in [0.05, 0.1) is 19.3 Å². The molecule has 2 aromatic rings. The third-order valence-electron chi connectivity index (χ3n) is 3.17. The molecule has 1 N–H and O–H groups in total. The van der Waals surface area contributed by atoms with E-state index >= 15 is 0 Å². The van der Waals surface area contributed by atoms with Crippen LogP contribution in [0.15, 0.2) is 46.9 Å². The predicted octanol–water partition coefficient (Wildman–Crippen LogP) is 4.00. The van der Waals surface area contributed by atoms with Crippen LogP contribution >= 0.6 is 15.9 Å².